The lowest BCUT2D eigenvalue weighted by molar-refractivity contribution is 0.475. The van der Waals surface area contributed by atoms with Crippen LogP contribution in [0, 0.1) is 19.7 Å². The second-order valence-corrected chi connectivity index (χ2v) is 4.58. The molecule has 0 amide bonds. The summed E-state index contributed by atoms with van der Waals surface area (Å²) in [6, 6.07) is 8.27. The largest absolute Gasteiger partial charge is 0.455 e. The summed E-state index contributed by atoms with van der Waals surface area (Å²) in [6.45, 7) is 3.91. The Morgan fingerprint density at radius 1 is 1.11 bits per heavy atom. The predicted molar refractivity (Wildman–Crippen MR) is 71.8 cm³/mol. The predicted octanol–water partition coefficient (Wildman–Crippen LogP) is 4.47. The summed E-state index contributed by atoms with van der Waals surface area (Å²) >= 11 is 5.63. The number of hydrogen-bond donors (Lipinski definition) is 1. The van der Waals surface area contributed by atoms with E-state index in [4.69, 9.17) is 22.1 Å². The van der Waals surface area contributed by atoms with Crippen molar-refractivity contribution in [2.24, 2.45) is 0 Å². The first-order chi connectivity index (χ1) is 8.47. The van der Waals surface area contributed by atoms with Gasteiger partial charge in [-0.15, -0.1) is 0 Å². The molecule has 0 aliphatic rings. The zero-order chi connectivity index (χ0) is 13.3. The van der Waals surface area contributed by atoms with Crippen molar-refractivity contribution in [3.63, 3.8) is 0 Å². The minimum absolute atomic E-state index is 0.0134. The third-order valence-corrected chi connectivity index (χ3v) is 2.89. The van der Waals surface area contributed by atoms with Gasteiger partial charge in [-0.2, -0.15) is 0 Å². The van der Waals surface area contributed by atoms with Gasteiger partial charge in [0.25, 0.3) is 0 Å². The number of rotatable bonds is 2. The Morgan fingerprint density at radius 2 is 1.83 bits per heavy atom. The zero-order valence-corrected chi connectivity index (χ0v) is 10.9. The second kappa shape index (κ2) is 4.86. The van der Waals surface area contributed by atoms with Gasteiger partial charge in [0, 0.05) is 6.07 Å². The molecule has 0 fully saturated rings. The highest BCUT2D eigenvalue weighted by molar-refractivity contribution is 6.31. The number of halogens is 2. The maximum absolute atomic E-state index is 13.4. The molecular weight excluding hydrogens is 253 g/mol. The molecule has 0 spiro atoms. The van der Waals surface area contributed by atoms with E-state index in [0.717, 1.165) is 11.1 Å². The smallest absolute Gasteiger partial charge is 0.153 e. The summed E-state index contributed by atoms with van der Waals surface area (Å²) in [4.78, 5) is 0. The van der Waals surface area contributed by atoms with Gasteiger partial charge in [-0.3, -0.25) is 0 Å². The number of nitrogen functional groups attached to an aromatic ring is 1. The van der Waals surface area contributed by atoms with Crippen LogP contribution in [-0.2, 0) is 0 Å². The quantitative estimate of drug-likeness (QED) is 0.813. The molecule has 18 heavy (non-hydrogen) atoms. The lowest BCUT2D eigenvalue weighted by Gasteiger charge is -2.11. The Hall–Kier alpha value is -1.74. The fourth-order valence-electron chi connectivity index (χ4n) is 1.66. The van der Waals surface area contributed by atoms with E-state index in [0.29, 0.717) is 11.4 Å². The van der Waals surface area contributed by atoms with Gasteiger partial charge in [-0.05, 0) is 31.5 Å². The van der Waals surface area contributed by atoms with Crippen molar-refractivity contribution in [2.45, 2.75) is 13.8 Å². The van der Waals surface area contributed by atoms with Gasteiger partial charge in [-0.1, -0.05) is 29.3 Å². The number of aryl methyl sites for hydroxylation is 2. The third kappa shape index (κ3) is 2.57. The van der Waals surface area contributed by atoms with Crippen LogP contribution in [0.25, 0.3) is 0 Å². The summed E-state index contributed by atoms with van der Waals surface area (Å²) in [6.07, 6.45) is 0. The zero-order valence-electron chi connectivity index (χ0n) is 10.1. The molecule has 0 heterocycles. The van der Waals surface area contributed by atoms with E-state index in [1.54, 1.807) is 0 Å². The van der Waals surface area contributed by atoms with Crippen LogP contribution in [0.15, 0.2) is 30.3 Å². The highest BCUT2D eigenvalue weighted by Crippen LogP contribution is 2.33. The number of benzene rings is 2. The minimum Gasteiger partial charge on any atom is -0.455 e. The van der Waals surface area contributed by atoms with Crippen molar-refractivity contribution in [3.05, 3.63) is 52.3 Å². The maximum atomic E-state index is 13.4. The van der Waals surface area contributed by atoms with Crippen molar-refractivity contribution in [2.75, 3.05) is 5.73 Å². The summed E-state index contributed by atoms with van der Waals surface area (Å²) < 4.78 is 19.0. The molecule has 0 saturated heterocycles. The lowest BCUT2D eigenvalue weighted by Crippen LogP contribution is -1.95. The van der Waals surface area contributed by atoms with Gasteiger partial charge in [0.2, 0.25) is 0 Å². The average Bonchev–Trinajstić information content (AvgIpc) is 2.29. The van der Waals surface area contributed by atoms with Crippen molar-refractivity contribution in [1.29, 1.82) is 0 Å². The molecule has 0 aliphatic heterocycles. The fraction of sp³-hybridized carbons (Fsp3) is 0.143. The van der Waals surface area contributed by atoms with Crippen LogP contribution < -0.4 is 10.5 Å². The summed E-state index contributed by atoms with van der Waals surface area (Å²) in [5, 5.41) is -0.0134. The standard InChI is InChI=1S/C14H13ClFNO/c1-8-3-4-13(9(2)5-8)18-14-7-11(16)10(15)6-12(14)17/h3-7H,17H2,1-2H3. The van der Waals surface area contributed by atoms with Crippen molar-refractivity contribution in [3.8, 4) is 11.5 Å². The SMILES string of the molecule is Cc1ccc(Oc2cc(F)c(Cl)cc2N)c(C)c1. The van der Waals surface area contributed by atoms with Gasteiger partial charge in [0.05, 0.1) is 10.7 Å². The normalized spacial score (nSPS) is 10.4. The van der Waals surface area contributed by atoms with Crippen LogP contribution >= 0.6 is 11.6 Å². The molecule has 0 aromatic heterocycles. The Morgan fingerprint density at radius 3 is 2.50 bits per heavy atom. The van der Waals surface area contributed by atoms with E-state index >= 15 is 0 Å². The van der Waals surface area contributed by atoms with Gasteiger partial charge >= 0.3 is 0 Å². The monoisotopic (exact) mass is 265 g/mol. The average molecular weight is 266 g/mol. The number of ether oxygens (including phenoxy) is 1. The molecule has 2 N–H and O–H groups in total. The first kappa shape index (κ1) is 12.7. The van der Waals surface area contributed by atoms with Gasteiger partial charge < -0.3 is 10.5 Å². The molecule has 2 aromatic rings. The summed E-state index contributed by atoms with van der Waals surface area (Å²) in [5.41, 5.74) is 8.15. The Bertz CT molecular complexity index is 599. The molecule has 0 atom stereocenters. The molecule has 0 bridgehead atoms. The van der Waals surface area contributed by atoms with E-state index < -0.39 is 5.82 Å². The molecule has 0 saturated carbocycles. The molecule has 94 valence electrons. The van der Waals surface area contributed by atoms with E-state index in [1.165, 1.54) is 12.1 Å². The van der Waals surface area contributed by atoms with Crippen LogP contribution in [0.4, 0.5) is 10.1 Å². The van der Waals surface area contributed by atoms with E-state index in [-0.39, 0.29) is 10.8 Å². The number of nitrogens with two attached hydrogens (primary N) is 1. The minimum atomic E-state index is -0.550. The van der Waals surface area contributed by atoms with Crippen molar-refractivity contribution < 1.29 is 9.13 Å². The topological polar surface area (TPSA) is 35.2 Å². The van der Waals surface area contributed by atoms with Gasteiger partial charge in [0.15, 0.2) is 5.75 Å². The Labute approximate surface area is 110 Å². The van der Waals surface area contributed by atoms with E-state index in [9.17, 15) is 4.39 Å². The molecule has 4 heteroatoms. The maximum Gasteiger partial charge on any atom is 0.153 e. The molecule has 2 aromatic carbocycles. The molecule has 0 radical (unpaired) electrons. The van der Waals surface area contributed by atoms with Crippen LogP contribution in [-0.4, -0.2) is 0 Å². The van der Waals surface area contributed by atoms with Gasteiger partial charge in [-0.25, -0.2) is 4.39 Å². The van der Waals surface area contributed by atoms with E-state index in [1.807, 2.05) is 32.0 Å². The first-order valence-corrected chi connectivity index (χ1v) is 5.85. The molecule has 2 nitrogen and oxygen atoms in total. The number of hydrogen-bond acceptors (Lipinski definition) is 2. The summed E-state index contributed by atoms with van der Waals surface area (Å²) in [5.74, 6) is 0.364. The van der Waals surface area contributed by atoms with Crippen LogP contribution in [0.5, 0.6) is 11.5 Å². The number of anilines is 1. The molecule has 0 unspecified atom stereocenters. The van der Waals surface area contributed by atoms with E-state index in [2.05, 4.69) is 0 Å². The first-order valence-electron chi connectivity index (χ1n) is 5.47. The van der Waals surface area contributed by atoms with Crippen LogP contribution in [0.2, 0.25) is 5.02 Å². The van der Waals surface area contributed by atoms with Gasteiger partial charge in [0.1, 0.15) is 11.6 Å². The lowest BCUT2D eigenvalue weighted by atomic mass is 10.1. The Balaban J connectivity index is 2.37. The van der Waals surface area contributed by atoms with Crippen molar-refractivity contribution >= 4 is 17.3 Å². The summed E-state index contributed by atoms with van der Waals surface area (Å²) in [7, 11) is 0. The third-order valence-electron chi connectivity index (χ3n) is 2.60. The highest BCUT2D eigenvalue weighted by atomic mass is 35.5. The molecule has 2 rings (SSSR count). The second-order valence-electron chi connectivity index (χ2n) is 4.18. The highest BCUT2D eigenvalue weighted by Gasteiger charge is 2.09. The fourth-order valence-corrected chi connectivity index (χ4v) is 1.84. The Kier molecular flexibility index (Phi) is 3.43. The van der Waals surface area contributed by atoms with Crippen molar-refractivity contribution in [1.82, 2.24) is 0 Å². The van der Waals surface area contributed by atoms with Crippen LogP contribution in [0.1, 0.15) is 11.1 Å². The molecular formula is C14H13ClFNO. The molecule has 0 aliphatic carbocycles. The van der Waals surface area contributed by atoms with Crippen LogP contribution in [0.3, 0.4) is 0 Å².